The van der Waals surface area contributed by atoms with Crippen LogP contribution in [-0.2, 0) is 14.1 Å². The van der Waals surface area contributed by atoms with Crippen LogP contribution in [0, 0.1) is 0 Å². The molecule has 1 aromatic carbocycles. The molecule has 1 aliphatic heterocycles. The molecule has 1 saturated heterocycles. The zero-order valence-corrected chi connectivity index (χ0v) is 13.9. The van der Waals surface area contributed by atoms with Gasteiger partial charge in [-0.1, -0.05) is 18.2 Å². The molecule has 4 rings (SSSR count). The van der Waals surface area contributed by atoms with Crippen LogP contribution in [-0.4, -0.2) is 45.3 Å². The van der Waals surface area contributed by atoms with Crippen molar-refractivity contribution in [1.29, 1.82) is 0 Å². The molecule has 0 amide bonds. The second-order valence-corrected chi connectivity index (χ2v) is 6.08. The Morgan fingerprint density at radius 1 is 0.875 bits per heavy atom. The Labute approximate surface area is 139 Å². The zero-order valence-electron chi connectivity index (χ0n) is 13.9. The van der Waals surface area contributed by atoms with Gasteiger partial charge in [0, 0.05) is 46.0 Å². The highest BCUT2D eigenvalue weighted by molar-refractivity contribution is 5.84. The lowest BCUT2D eigenvalue weighted by Gasteiger charge is -2.36. The smallest absolute Gasteiger partial charge is 0.329 e. The Balaban J connectivity index is 1.64. The second kappa shape index (κ2) is 5.67. The third kappa shape index (κ3) is 2.24. The van der Waals surface area contributed by atoms with E-state index in [1.54, 1.807) is 29.6 Å². The van der Waals surface area contributed by atoms with Crippen molar-refractivity contribution in [1.82, 2.24) is 19.1 Å². The molecule has 0 unspecified atom stereocenters. The van der Waals surface area contributed by atoms with Gasteiger partial charge < -0.3 is 9.80 Å². The molecule has 1 fully saturated rings. The van der Waals surface area contributed by atoms with Gasteiger partial charge in [0.1, 0.15) is 11.8 Å². The fourth-order valence-electron chi connectivity index (χ4n) is 3.36. The van der Waals surface area contributed by atoms with Gasteiger partial charge in [0.25, 0.3) is 0 Å². The van der Waals surface area contributed by atoms with Crippen molar-refractivity contribution in [3.63, 3.8) is 0 Å². The van der Waals surface area contributed by atoms with Gasteiger partial charge in [0.2, 0.25) is 0 Å². The second-order valence-electron chi connectivity index (χ2n) is 6.08. The number of aromatic nitrogens is 4. The molecule has 0 N–H and O–H groups in total. The summed E-state index contributed by atoms with van der Waals surface area (Å²) in [6.45, 7) is 3.58. The number of benzene rings is 1. The minimum Gasteiger partial charge on any atom is -0.368 e. The zero-order chi connectivity index (χ0) is 16.7. The summed E-state index contributed by atoms with van der Waals surface area (Å²) in [4.78, 5) is 25.5. The molecule has 3 heterocycles. The van der Waals surface area contributed by atoms with E-state index in [1.807, 2.05) is 6.07 Å². The molecule has 0 spiro atoms. The molecule has 0 aliphatic carbocycles. The predicted octanol–water partition coefficient (Wildman–Crippen LogP) is 0.994. The molecular formula is C17H20N6O. The molecule has 0 atom stereocenters. The lowest BCUT2D eigenvalue weighted by Crippen LogP contribution is -2.47. The van der Waals surface area contributed by atoms with Crippen LogP contribution in [0.15, 0.2) is 41.5 Å². The van der Waals surface area contributed by atoms with Gasteiger partial charge in [-0.25, -0.2) is 14.8 Å². The fraction of sp³-hybridized carbons (Fsp3) is 0.353. The highest BCUT2D eigenvalue weighted by Crippen LogP contribution is 2.24. The lowest BCUT2D eigenvalue weighted by atomic mass is 10.2. The maximum atomic E-state index is 12.2. The van der Waals surface area contributed by atoms with Crippen molar-refractivity contribution in [3.8, 4) is 0 Å². The van der Waals surface area contributed by atoms with Crippen molar-refractivity contribution in [2.24, 2.45) is 14.1 Å². The van der Waals surface area contributed by atoms with Gasteiger partial charge in [-0.2, -0.15) is 0 Å². The standard InChI is InChI=1S/C17H20N6O/c1-20-14-15(21(2)17(20)24)18-12-19-16(14)23-10-8-22(9-11-23)13-6-4-3-5-7-13/h3-7,12H,8-11H2,1-2H3. The predicted molar refractivity (Wildman–Crippen MR) is 94.6 cm³/mol. The molecule has 0 radical (unpaired) electrons. The molecule has 7 nitrogen and oxygen atoms in total. The molecule has 1 aliphatic rings. The Morgan fingerprint density at radius 3 is 2.25 bits per heavy atom. The van der Waals surface area contributed by atoms with Gasteiger partial charge in [-0.05, 0) is 12.1 Å². The fourth-order valence-corrected chi connectivity index (χ4v) is 3.36. The number of fused-ring (bicyclic) bond motifs is 1. The Bertz CT molecular complexity index is 921. The minimum absolute atomic E-state index is 0.0744. The SMILES string of the molecule is Cn1c(=O)n(C)c2c(N3CCN(c4ccccc4)CC3)ncnc21. The summed E-state index contributed by atoms with van der Waals surface area (Å²) in [6.07, 6.45) is 1.54. The van der Waals surface area contributed by atoms with Crippen molar-refractivity contribution >= 4 is 22.7 Å². The van der Waals surface area contributed by atoms with Crippen LogP contribution in [0.4, 0.5) is 11.5 Å². The largest absolute Gasteiger partial charge is 0.368 e. The van der Waals surface area contributed by atoms with Crippen molar-refractivity contribution < 1.29 is 0 Å². The first kappa shape index (κ1) is 14.7. The first-order valence-corrected chi connectivity index (χ1v) is 8.08. The summed E-state index contributed by atoms with van der Waals surface area (Å²) in [7, 11) is 3.52. The molecule has 0 bridgehead atoms. The molecule has 3 aromatic rings. The van der Waals surface area contributed by atoms with E-state index in [9.17, 15) is 4.79 Å². The quantitative estimate of drug-likeness (QED) is 0.704. The summed E-state index contributed by atoms with van der Waals surface area (Å²) in [5.74, 6) is 0.841. The van der Waals surface area contributed by atoms with E-state index in [0.29, 0.717) is 5.65 Å². The normalized spacial score (nSPS) is 15.2. The highest BCUT2D eigenvalue weighted by Gasteiger charge is 2.23. The average molecular weight is 324 g/mol. The van der Waals surface area contributed by atoms with E-state index in [-0.39, 0.29) is 5.69 Å². The number of hydrogen-bond acceptors (Lipinski definition) is 5. The van der Waals surface area contributed by atoms with Gasteiger partial charge in [0.05, 0.1) is 0 Å². The third-order valence-electron chi connectivity index (χ3n) is 4.71. The Hall–Kier alpha value is -2.83. The molecule has 7 heteroatoms. The van der Waals surface area contributed by atoms with Crippen LogP contribution in [0.2, 0.25) is 0 Å². The molecule has 124 valence electrons. The van der Waals surface area contributed by atoms with Gasteiger partial charge in [-0.15, -0.1) is 0 Å². The van der Waals surface area contributed by atoms with E-state index in [0.717, 1.165) is 37.5 Å². The van der Waals surface area contributed by atoms with E-state index >= 15 is 0 Å². The number of imidazole rings is 1. The van der Waals surface area contributed by atoms with Crippen LogP contribution in [0.3, 0.4) is 0 Å². The van der Waals surface area contributed by atoms with Gasteiger partial charge in [0.15, 0.2) is 11.5 Å². The minimum atomic E-state index is -0.0744. The number of aryl methyl sites for hydroxylation is 2. The lowest BCUT2D eigenvalue weighted by molar-refractivity contribution is 0.647. The topological polar surface area (TPSA) is 59.2 Å². The third-order valence-corrected chi connectivity index (χ3v) is 4.71. The van der Waals surface area contributed by atoms with E-state index in [2.05, 4.69) is 44.0 Å². The summed E-state index contributed by atoms with van der Waals surface area (Å²) < 4.78 is 3.20. The first-order valence-electron chi connectivity index (χ1n) is 8.08. The van der Waals surface area contributed by atoms with Crippen LogP contribution < -0.4 is 15.5 Å². The van der Waals surface area contributed by atoms with E-state index < -0.39 is 0 Å². The van der Waals surface area contributed by atoms with Crippen LogP contribution in [0.1, 0.15) is 0 Å². The first-order chi connectivity index (χ1) is 11.7. The number of nitrogens with zero attached hydrogens (tertiary/aromatic N) is 6. The van der Waals surface area contributed by atoms with Crippen molar-refractivity contribution in [2.75, 3.05) is 36.0 Å². The highest BCUT2D eigenvalue weighted by atomic mass is 16.1. The molecule has 24 heavy (non-hydrogen) atoms. The maximum absolute atomic E-state index is 12.2. The van der Waals surface area contributed by atoms with Crippen molar-refractivity contribution in [2.45, 2.75) is 0 Å². The number of anilines is 2. The summed E-state index contributed by atoms with van der Waals surface area (Å²) >= 11 is 0. The maximum Gasteiger partial charge on any atom is 0.329 e. The summed E-state index contributed by atoms with van der Waals surface area (Å²) in [6, 6.07) is 10.4. The summed E-state index contributed by atoms with van der Waals surface area (Å²) in [5.41, 5.74) is 2.66. The number of piperazine rings is 1. The number of para-hydroxylation sites is 1. The number of rotatable bonds is 2. The van der Waals surface area contributed by atoms with Gasteiger partial charge in [-0.3, -0.25) is 9.13 Å². The van der Waals surface area contributed by atoms with Gasteiger partial charge >= 0.3 is 5.69 Å². The molecule has 0 saturated carbocycles. The number of hydrogen-bond donors (Lipinski definition) is 0. The Kier molecular flexibility index (Phi) is 3.48. The van der Waals surface area contributed by atoms with Crippen molar-refractivity contribution in [3.05, 3.63) is 47.1 Å². The summed E-state index contributed by atoms with van der Waals surface area (Å²) in [5, 5.41) is 0. The Morgan fingerprint density at radius 2 is 1.54 bits per heavy atom. The van der Waals surface area contributed by atoms with Crippen LogP contribution in [0.5, 0.6) is 0 Å². The average Bonchev–Trinajstić information content (AvgIpc) is 2.87. The monoisotopic (exact) mass is 324 g/mol. The van der Waals surface area contributed by atoms with Crippen LogP contribution >= 0.6 is 0 Å². The van der Waals surface area contributed by atoms with Crippen LogP contribution in [0.25, 0.3) is 11.2 Å². The van der Waals surface area contributed by atoms with E-state index in [1.165, 1.54) is 5.69 Å². The molecular weight excluding hydrogens is 304 g/mol. The molecule has 2 aromatic heterocycles. The van der Waals surface area contributed by atoms with E-state index in [4.69, 9.17) is 0 Å².